The third-order valence-electron chi connectivity index (χ3n) is 4.19. The summed E-state index contributed by atoms with van der Waals surface area (Å²) in [5, 5.41) is 12.4. The SMILES string of the molecule is CC(C)(C)C(NC(=O)N1CCCC1CO)c1ccc(F)cc1. The summed E-state index contributed by atoms with van der Waals surface area (Å²) >= 11 is 0. The Kier molecular flexibility index (Phi) is 5.06. The van der Waals surface area contributed by atoms with Gasteiger partial charge in [0.25, 0.3) is 0 Å². The summed E-state index contributed by atoms with van der Waals surface area (Å²) in [6.45, 7) is 6.76. The summed E-state index contributed by atoms with van der Waals surface area (Å²) in [4.78, 5) is 14.2. The third-order valence-corrected chi connectivity index (χ3v) is 4.19. The number of aliphatic hydroxyl groups is 1. The molecule has 0 bridgehead atoms. The molecule has 0 aromatic heterocycles. The maximum Gasteiger partial charge on any atom is 0.318 e. The van der Waals surface area contributed by atoms with E-state index in [1.54, 1.807) is 17.0 Å². The molecular weight excluding hydrogens is 283 g/mol. The molecule has 1 aromatic carbocycles. The van der Waals surface area contributed by atoms with E-state index in [4.69, 9.17) is 0 Å². The number of nitrogens with one attached hydrogen (secondary N) is 1. The van der Waals surface area contributed by atoms with Crippen molar-refractivity contribution in [2.45, 2.75) is 45.7 Å². The Bertz CT molecular complexity index is 510. The zero-order chi connectivity index (χ0) is 16.3. The predicted octanol–water partition coefficient (Wildman–Crippen LogP) is 3.08. The number of rotatable bonds is 3. The summed E-state index contributed by atoms with van der Waals surface area (Å²) in [7, 11) is 0. The fourth-order valence-corrected chi connectivity index (χ4v) is 2.95. The lowest BCUT2D eigenvalue weighted by molar-refractivity contribution is 0.147. The number of nitrogens with zero attached hydrogens (tertiary/aromatic N) is 1. The van der Waals surface area contributed by atoms with Crippen molar-refractivity contribution < 1.29 is 14.3 Å². The Hall–Kier alpha value is -1.62. The van der Waals surface area contributed by atoms with Crippen molar-refractivity contribution in [1.82, 2.24) is 10.2 Å². The molecule has 1 saturated heterocycles. The van der Waals surface area contributed by atoms with Crippen LogP contribution < -0.4 is 5.32 Å². The van der Waals surface area contributed by atoms with Crippen LogP contribution in [0, 0.1) is 11.2 Å². The largest absolute Gasteiger partial charge is 0.394 e. The first-order valence-corrected chi connectivity index (χ1v) is 7.76. The Morgan fingerprint density at radius 2 is 2.05 bits per heavy atom. The summed E-state index contributed by atoms with van der Waals surface area (Å²) in [6.07, 6.45) is 1.75. The summed E-state index contributed by atoms with van der Waals surface area (Å²) < 4.78 is 13.1. The lowest BCUT2D eigenvalue weighted by Gasteiger charge is -2.34. The lowest BCUT2D eigenvalue weighted by atomic mass is 9.82. The first-order valence-electron chi connectivity index (χ1n) is 7.76. The molecule has 2 N–H and O–H groups in total. The number of amides is 2. The Morgan fingerprint density at radius 3 is 2.59 bits per heavy atom. The van der Waals surface area contributed by atoms with E-state index in [0.29, 0.717) is 6.54 Å². The number of aliphatic hydroxyl groups excluding tert-OH is 1. The molecule has 22 heavy (non-hydrogen) atoms. The van der Waals surface area contributed by atoms with Gasteiger partial charge in [0, 0.05) is 6.54 Å². The van der Waals surface area contributed by atoms with Crippen LogP contribution in [0.15, 0.2) is 24.3 Å². The highest BCUT2D eigenvalue weighted by molar-refractivity contribution is 5.75. The minimum atomic E-state index is -0.289. The topological polar surface area (TPSA) is 52.6 Å². The molecule has 1 fully saturated rings. The second kappa shape index (κ2) is 6.65. The van der Waals surface area contributed by atoms with Gasteiger partial charge in [0.1, 0.15) is 5.82 Å². The van der Waals surface area contributed by atoms with E-state index in [1.807, 2.05) is 20.8 Å². The minimum absolute atomic E-state index is 0.00977. The van der Waals surface area contributed by atoms with Crippen molar-refractivity contribution in [1.29, 1.82) is 0 Å². The fourth-order valence-electron chi connectivity index (χ4n) is 2.95. The molecule has 2 amide bonds. The molecule has 0 spiro atoms. The molecule has 1 heterocycles. The summed E-state index contributed by atoms with van der Waals surface area (Å²) in [5.41, 5.74) is 0.670. The number of carbonyl (C=O) groups excluding carboxylic acids is 1. The van der Waals surface area contributed by atoms with Crippen molar-refractivity contribution in [3.8, 4) is 0 Å². The summed E-state index contributed by atoms with van der Waals surface area (Å²) in [5.74, 6) is -0.289. The van der Waals surface area contributed by atoms with Gasteiger partial charge < -0.3 is 15.3 Å². The van der Waals surface area contributed by atoms with Crippen LogP contribution in [0.1, 0.15) is 45.2 Å². The monoisotopic (exact) mass is 308 g/mol. The van der Waals surface area contributed by atoms with Crippen molar-refractivity contribution in [2.24, 2.45) is 5.41 Å². The number of carbonyl (C=O) groups is 1. The van der Waals surface area contributed by atoms with E-state index in [0.717, 1.165) is 18.4 Å². The van der Waals surface area contributed by atoms with Crippen LogP contribution in [0.3, 0.4) is 0 Å². The predicted molar refractivity (Wildman–Crippen MR) is 83.9 cm³/mol. The van der Waals surface area contributed by atoms with Gasteiger partial charge in [0.15, 0.2) is 0 Å². The van der Waals surface area contributed by atoms with Crippen molar-refractivity contribution in [3.05, 3.63) is 35.6 Å². The molecule has 0 radical (unpaired) electrons. The Labute approximate surface area is 131 Å². The van der Waals surface area contributed by atoms with Gasteiger partial charge in [-0.05, 0) is 36.0 Å². The maximum atomic E-state index is 13.1. The lowest BCUT2D eigenvalue weighted by Crippen LogP contribution is -2.47. The molecule has 2 atom stereocenters. The van der Waals surface area contributed by atoms with E-state index in [9.17, 15) is 14.3 Å². The number of benzene rings is 1. The van der Waals surface area contributed by atoms with Gasteiger partial charge >= 0.3 is 6.03 Å². The molecule has 122 valence electrons. The smallest absolute Gasteiger partial charge is 0.318 e. The first kappa shape index (κ1) is 16.7. The number of urea groups is 1. The number of hydrogen-bond acceptors (Lipinski definition) is 2. The number of halogens is 1. The Morgan fingerprint density at radius 1 is 1.41 bits per heavy atom. The molecule has 4 nitrogen and oxygen atoms in total. The van der Waals surface area contributed by atoms with Crippen molar-refractivity contribution in [3.63, 3.8) is 0 Å². The molecule has 2 unspecified atom stereocenters. The maximum absolute atomic E-state index is 13.1. The third kappa shape index (κ3) is 3.77. The van der Waals surface area contributed by atoms with E-state index in [2.05, 4.69) is 5.32 Å². The first-order chi connectivity index (χ1) is 10.3. The zero-order valence-corrected chi connectivity index (χ0v) is 13.5. The second-order valence-corrected chi connectivity index (χ2v) is 6.97. The van der Waals surface area contributed by atoms with Crippen LogP contribution in [0.5, 0.6) is 0 Å². The summed E-state index contributed by atoms with van der Waals surface area (Å²) in [6, 6.07) is 5.74. The average molecular weight is 308 g/mol. The average Bonchev–Trinajstić information content (AvgIpc) is 2.93. The van der Waals surface area contributed by atoms with Crippen molar-refractivity contribution >= 4 is 6.03 Å². The second-order valence-electron chi connectivity index (χ2n) is 6.97. The molecule has 1 aliphatic rings. The molecule has 2 rings (SSSR count). The van der Waals surface area contributed by atoms with Crippen LogP contribution >= 0.6 is 0 Å². The molecule has 5 heteroatoms. The zero-order valence-electron chi connectivity index (χ0n) is 13.5. The van der Waals surface area contributed by atoms with E-state index < -0.39 is 0 Å². The van der Waals surface area contributed by atoms with Gasteiger partial charge in [0.2, 0.25) is 0 Å². The molecule has 1 aliphatic heterocycles. The molecule has 1 aromatic rings. The normalized spacial score (nSPS) is 20.0. The van der Waals surface area contributed by atoms with Crippen LogP contribution in [0.25, 0.3) is 0 Å². The van der Waals surface area contributed by atoms with Crippen LogP contribution in [-0.2, 0) is 0 Å². The molecule has 0 aliphatic carbocycles. The standard InChI is InChI=1S/C17H25FN2O2/c1-17(2,3)15(12-6-8-13(18)9-7-12)19-16(22)20-10-4-5-14(20)11-21/h6-9,14-15,21H,4-5,10-11H2,1-3H3,(H,19,22). The van der Waals surface area contributed by atoms with Gasteiger partial charge in [-0.3, -0.25) is 0 Å². The number of likely N-dealkylation sites (tertiary alicyclic amines) is 1. The van der Waals surface area contributed by atoms with Gasteiger partial charge in [-0.25, -0.2) is 9.18 Å². The van der Waals surface area contributed by atoms with Crippen LogP contribution in [0.2, 0.25) is 0 Å². The molecular formula is C17H25FN2O2. The van der Waals surface area contributed by atoms with E-state index >= 15 is 0 Å². The fraction of sp³-hybridized carbons (Fsp3) is 0.588. The van der Waals surface area contributed by atoms with Gasteiger partial charge in [-0.2, -0.15) is 0 Å². The van der Waals surface area contributed by atoms with E-state index in [-0.39, 0.29) is 36.0 Å². The van der Waals surface area contributed by atoms with Crippen molar-refractivity contribution in [2.75, 3.05) is 13.2 Å². The number of hydrogen-bond donors (Lipinski definition) is 2. The quantitative estimate of drug-likeness (QED) is 0.901. The minimum Gasteiger partial charge on any atom is -0.394 e. The van der Waals surface area contributed by atoms with E-state index in [1.165, 1.54) is 12.1 Å². The van der Waals surface area contributed by atoms with Gasteiger partial charge in [-0.15, -0.1) is 0 Å². The van der Waals surface area contributed by atoms with Gasteiger partial charge in [0.05, 0.1) is 18.7 Å². The highest BCUT2D eigenvalue weighted by atomic mass is 19.1. The molecule has 0 saturated carbocycles. The highest BCUT2D eigenvalue weighted by Gasteiger charge is 2.33. The Balaban J connectivity index is 2.17. The van der Waals surface area contributed by atoms with Crippen LogP contribution in [0.4, 0.5) is 9.18 Å². The van der Waals surface area contributed by atoms with Crippen LogP contribution in [-0.4, -0.2) is 35.2 Å². The van der Waals surface area contributed by atoms with Gasteiger partial charge in [-0.1, -0.05) is 32.9 Å². The highest BCUT2D eigenvalue weighted by Crippen LogP contribution is 2.33.